The molecule has 2 aromatic rings. The largest absolute Gasteiger partial charge is 0.485 e. The Hall–Kier alpha value is -3.54. The van der Waals surface area contributed by atoms with Crippen LogP contribution in [0, 0.1) is 0 Å². The van der Waals surface area contributed by atoms with Crippen molar-refractivity contribution in [3.05, 3.63) is 71.0 Å². The van der Waals surface area contributed by atoms with Crippen LogP contribution in [0.2, 0.25) is 0 Å². The Morgan fingerprint density at radius 2 is 1.93 bits per heavy atom. The van der Waals surface area contributed by atoms with E-state index in [9.17, 15) is 9.59 Å². The molecule has 6 heteroatoms. The lowest BCUT2D eigenvalue weighted by molar-refractivity contribution is 0.101. The molecular weight excluding hydrogens is 358 g/mol. The molecule has 6 nitrogen and oxygen atoms in total. The van der Waals surface area contributed by atoms with Gasteiger partial charge in [0.1, 0.15) is 23.4 Å². The first-order chi connectivity index (χ1) is 13.4. The molecule has 0 saturated heterocycles. The van der Waals surface area contributed by atoms with Crippen molar-refractivity contribution in [1.82, 2.24) is 4.90 Å². The number of hydrogen-bond acceptors (Lipinski definition) is 5. The molecule has 0 N–H and O–H groups in total. The maximum Gasteiger partial charge on any atom is 0.414 e. The summed E-state index contributed by atoms with van der Waals surface area (Å²) in [7, 11) is 3.19. The van der Waals surface area contributed by atoms with Crippen LogP contribution in [0.1, 0.15) is 22.8 Å². The van der Waals surface area contributed by atoms with E-state index in [0.29, 0.717) is 17.1 Å². The van der Waals surface area contributed by atoms with Crippen LogP contribution in [0.15, 0.2) is 59.9 Å². The molecule has 0 aromatic heterocycles. The van der Waals surface area contributed by atoms with Gasteiger partial charge in [0.05, 0.1) is 5.56 Å². The van der Waals surface area contributed by atoms with E-state index >= 15 is 0 Å². The smallest absolute Gasteiger partial charge is 0.414 e. The van der Waals surface area contributed by atoms with Crippen molar-refractivity contribution in [3.63, 3.8) is 0 Å². The Balaban J connectivity index is 1.61. The molecule has 142 valence electrons. The second-order valence-electron chi connectivity index (χ2n) is 6.80. The third-order valence-electron chi connectivity index (χ3n) is 4.52. The summed E-state index contributed by atoms with van der Waals surface area (Å²) in [6.45, 7) is 1.92. The van der Waals surface area contributed by atoms with Crippen LogP contribution in [0.4, 0.5) is 4.79 Å². The minimum atomic E-state index is -0.503. The van der Waals surface area contributed by atoms with Gasteiger partial charge in [0.25, 0.3) is 0 Å². The Labute approximate surface area is 162 Å². The monoisotopic (exact) mass is 377 g/mol. The number of Topliss-reactive ketones (excluding diaryl/α,β-unsaturated/α-hetero) is 1. The summed E-state index contributed by atoms with van der Waals surface area (Å²) < 4.78 is 16.9. The van der Waals surface area contributed by atoms with E-state index in [4.69, 9.17) is 14.2 Å². The number of hydrogen-bond donors (Lipinski definition) is 0. The average Bonchev–Trinajstić information content (AvgIpc) is 2.97. The van der Waals surface area contributed by atoms with Crippen molar-refractivity contribution in [2.24, 2.45) is 0 Å². The molecule has 0 aliphatic carbocycles. The zero-order valence-corrected chi connectivity index (χ0v) is 15.8. The number of carbonyl (C=O) groups excluding carboxylic acids is 2. The van der Waals surface area contributed by atoms with Gasteiger partial charge in [-0.05, 0) is 42.8 Å². The highest BCUT2D eigenvalue weighted by molar-refractivity contribution is 6.12. The molecule has 0 spiro atoms. The van der Waals surface area contributed by atoms with Gasteiger partial charge in [0.2, 0.25) is 5.78 Å². The van der Waals surface area contributed by atoms with Gasteiger partial charge < -0.3 is 19.1 Å². The minimum absolute atomic E-state index is 0.209. The van der Waals surface area contributed by atoms with E-state index in [0.717, 1.165) is 16.9 Å². The standard InChI is InChI=1S/C22H19NO5/c1-13-15(10-14-6-4-5-7-18(14)26-13)11-20-21(24)17-9-8-16(12-19(17)28-20)27-22(25)23(2)3/h4-13H,1-3H3/t13-/m0/s1. The van der Waals surface area contributed by atoms with Gasteiger partial charge in [-0.15, -0.1) is 0 Å². The molecule has 0 saturated carbocycles. The predicted molar refractivity (Wildman–Crippen MR) is 104 cm³/mol. The molecule has 28 heavy (non-hydrogen) atoms. The molecule has 1 atom stereocenters. The average molecular weight is 377 g/mol. The van der Waals surface area contributed by atoms with Gasteiger partial charge in [-0.3, -0.25) is 4.79 Å². The molecular formula is C22H19NO5. The molecule has 2 aromatic carbocycles. The van der Waals surface area contributed by atoms with Gasteiger partial charge in [0.15, 0.2) is 5.76 Å². The number of ketones is 1. The number of fused-ring (bicyclic) bond motifs is 2. The molecule has 2 aliphatic rings. The first-order valence-corrected chi connectivity index (χ1v) is 8.87. The summed E-state index contributed by atoms with van der Waals surface area (Å²) in [5.41, 5.74) is 2.23. The van der Waals surface area contributed by atoms with E-state index in [1.807, 2.05) is 37.3 Å². The quantitative estimate of drug-likeness (QED) is 0.738. The van der Waals surface area contributed by atoms with E-state index < -0.39 is 6.09 Å². The lowest BCUT2D eigenvalue weighted by Crippen LogP contribution is -2.25. The minimum Gasteiger partial charge on any atom is -0.485 e. The Morgan fingerprint density at radius 1 is 1.14 bits per heavy atom. The summed E-state index contributed by atoms with van der Waals surface area (Å²) in [6, 6.07) is 12.4. The second kappa shape index (κ2) is 6.88. The topological polar surface area (TPSA) is 65.1 Å². The summed E-state index contributed by atoms with van der Waals surface area (Å²) >= 11 is 0. The van der Waals surface area contributed by atoms with Crippen LogP contribution in [0.3, 0.4) is 0 Å². The van der Waals surface area contributed by atoms with Crippen LogP contribution in [-0.4, -0.2) is 37.0 Å². The van der Waals surface area contributed by atoms with Crippen molar-refractivity contribution in [2.45, 2.75) is 13.0 Å². The summed E-state index contributed by atoms with van der Waals surface area (Å²) in [4.78, 5) is 25.7. The van der Waals surface area contributed by atoms with Gasteiger partial charge in [-0.25, -0.2) is 4.79 Å². The van der Waals surface area contributed by atoms with Gasteiger partial charge in [-0.2, -0.15) is 0 Å². The Morgan fingerprint density at radius 3 is 2.71 bits per heavy atom. The fourth-order valence-corrected chi connectivity index (χ4v) is 3.00. The third kappa shape index (κ3) is 3.24. The number of ether oxygens (including phenoxy) is 3. The van der Waals surface area contributed by atoms with Crippen molar-refractivity contribution in [2.75, 3.05) is 14.1 Å². The van der Waals surface area contributed by atoms with E-state index in [2.05, 4.69) is 0 Å². The fraction of sp³-hybridized carbons (Fsp3) is 0.182. The highest BCUT2D eigenvalue weighted by Gasteiger charge is 2.29. The number of rotatable bonds is 2. The normalized spacial score (nSPS) is 18.5. The van der Waals surface area contributed by atoms with Gasteiger partial charge in [-0.1, -0.05) is 18.2 Å². The Bertz CT molecular complexity index is 1030. The van der Waals surface area contributed by atoms with Gasteiger partial charge in [0, 0.05) is 25.7 Å². The number of amides is 1. The zero-order chi connectivity index (χ0) is 19.8. The van der Waals surface area contributed by atoms with Crippen LogP contribution < -0.4 is 14.2 Å². The zero-order valence-electron chi connectivity index (χ0n) is 15.8. The number of para-hydroxylation sites is 1. The number of nitrogens with zero attached hydrogens (tertiary/aromatic N) is 1. The number of allylic oxidation sites excluding steroid dienone is 1. The molecule has 0 radical (unpaired) electrons. The number of benzene rings is 2. The third-order valence-corrected chi connectivity index (χ3v) is 4.52. The lowest BCUT2D eigenvalue weighted by atomic mass is 10.0. The van der Waals surface area contributed by atoms with E-state index in [-0.39, 0.29) is 17.6 Å². The Kier molecular flexibility index (Phi) is 4.39. The van der Waals surface area contributed by atoms with E-state index in [1.165, 1.54) is 4.90 Å². The molecule has 0 unspecified atom stereocenters. The van der Waals surface area contributed by atoms with Crippen molar-refractivity contribution < 1.29 is 23.8 Å². The molecule has 2 heterocycles. The first kappa shape index (κ1) is 17.9. The van der Waals surface area contributed by atoms with Crippen molar-refractivity contribution in [1.29, 1.82) is 0 Å². The molecule has 4 rings (SSSR count). The van der Waals surface area contributed by atoms with E-state index in [1.54, 1.807) is 38.4 Å². The maximum absolute atomic E-state index is 12.7. The molecule has 1 amide bonds. The lowest BCUT2D eigenvalue weighted by Gasteiger charge is -2.22. The molecule has 0 bridgehead atoms. The summed E-state index contributed by atoms with van der Waals surface area (Å²) in [6.07, 6.45) is 2.98. The summed E-state index contributed by atoms with van der Waals surface area (Å²) in [5.74, 6) is 1.49. The highest BCUT2D eigenvalue weighted by atomic mass is 16.6. The maximum atomic E-state index is 12.7. The fourth-order valence-electron chi connectivity index (χ4n) is 3.00. The molecule has 0 fully saturated rings. The highest BCUT2D eigenvalue weighted by Crippen LogP contribution is 2.36. The first-order valence-electron chi connectivity index (χ1n) is 8.87. The van der Waals surface area contributed by atoms with Gasteiger partial charge >= 0.3 is 6.09 Å². The predicted octanol–water partition coefficient (Wildman–Crippen LogP) is 4.07. The second-order valence-corrected chi connectivity index (χ2v) is 6.80. The van der Waals surface area contributed by atoms with Crippen molar-refractivity contribution in [3.8, 4) is 17.2 Å². The van der Waals surface area contributed by atoms with Crippen LogP contribution in [0.5, 0.6) is 17.2 Å². The van der Waals surface area contributed by atoms with Crippen LogP contribution in [0.25, 0.3) is 6.08 Å². The molecule has 2 aliphatic heterocycles. The van der Waals surface area contributed by atoms with Crippen molar-refractivity contribution >= 4 is 18.0 Å². The number of carbonyl (C=O) groups is 2. The SMILES string of the molecule is C[C@@H]1Oc2ccccc2C=C1C=C1Oc2cc(OC(=O)N(C)C)ccc2C1=O. The summed E-state index contributed by atoms with van der Waals surface area (Å²) in [5, 5.41) is 0. The van der Waals surface area contributed by atoms with Crippen LogP contribution >= 0.6 is 0 Å². The van der Waals surface area contributed by atoms with Crippen LogP contribution in [-0.2, 0) is 0 Å².